The summed E-state index contributed by atoms with van der Waals surface area (Å²) in [5.41, 5.74) is 8.23. The van der Waals surface area contributed by atoms with Gasteiger partial charge in [0.25, 0.3) is 0 Å². The molecule has 5 nitrogen and oxygen atoms in total. The van der Waals surface area contributed by atoms with Crippen LogP contribution in [0.5, 0.6) is 0 Å². The van der Waals surface area contributed by atoms with E-state index in [0.29, 0.717) is 18.7 Å². The van der Waals surface area contributed by atoms with Gasteiger partial charge in [-0.2, -0.15) is 0 Å². The van der Waals surface area contributed by atoms with Crippen molar-refractivity contribution in [3.63, 3.8) is 0 Å². The number of rotatable bonds is 1. The SMILES string of the molecule is CC(C)(C)N(C(=O)O)C1CNc2c(N)cccc2C1. The number of fused-ring (bicyclic) bond motifs is 1. The van der Waals surface area contributed by atoms with Gasteiger partial charge in [-0.05, 0) is 38.8 Å². The maximum absolute atomic E-state index is 11.5. The third-order valence-corrected chi connectivity index (χ3v) is 3.45. The molecular formula is C14H21N3O2. The highest BCUT2D eigenvalue weighted by Crippen LogP contribution is 2.31. The number of para-hydroxylation sites is 1. The Kier molecular flexibility index (Phi) is 3.30. The maximum atomic E-state index is 11.5. The Bertz CT molecular complexity index is 494. The first-order valence-corrected chi connectivity index (χ1v) is 6.44. The molecule has 0 aromatic heterocycles. The highest BCUT2D eigenvalue weighted by atomic mass is 16.4. The van der Waals surface area contributed by atoms with Gasteiger partial charge in [0, 0.05) is 12.1 Å². The molecule has 0 saturated carbocycles. The summed E-state index contributed by atoms with van der Waals surface area (Å²) >= 11 is 0. The molecule has 4 N–H and O–H groups in total. The standard InChI is InChI=1S/C14H21N3O2/c1-14(2,3)17(13(18)19)10-7-9-5-4-6-11(15)12(9)16-8-10/h4-6,10,16H,7-8,15H2,1-3H3,(H,18,19). The minimum absolute atomic E-state index is 0.0770. The molecule has 1 heterocycles. The number of amides is 1. The lowest BCUT2D eigenvalue weighted by atomic mass is 9.94. The minimum atomic E-state index is -0.883. The molecule has 0 saturated heterocycles. The lowest BCUT2D eigenvalue weighted by Gasteiger charge is -2.42. The van der Waals surface area contributed by atoms with Gasteiger partial charge in [0.05, 0.1) is 17.4 Å². The van der Waals surface area contributed by atoms with Crippen LogP contribution in [0.3, 0.4) is 0 Å². The van der Waals surface area contributed by atoms with Crippen LogP contribution in [-0.2, 0) is 6.42 Å². The van der Waals surface area contributed by atoms with Crippen LogP contribution in [-0.4, -0.2) is 34.2 Å². The first kappa shape index (κ1) is 13.5. The zero-order valence-electron chi connectivity index (χ0n) is 11.6. The van der Waals surface area contributed by atoms with E-state index in [0.717, 1.165) is 11.3 Å². The number of benzene rings is 1. The topological polar surface area (TPSA) is 78.6 Å². The molecule has 0 spiro atoms. The first-order valence-electron chi connectivity index (χ1n) is 6.44. The van der Waals surface area contributed by atoms with Crippen molar-refractivity contribution in [1.29, 1.82) is 0 Å². The molecule has 0 bridgehead atoms. The lowest BCUT2D eigenvalue weighted by molar-refractivity contribution is 0.0728. The van der Waals surface area contributed by atoms with Gasteiger partial charge < -0.3 is 16.2 Å². The summed E-state index contributed by atoms with van der Waals surface area (Å²) in [6.45, 7) is 6.33. The summed E-state index contributed by atoms with van der Waals surface area (Å²) in [6.07, 6.45) is -0.191. The van der Waals surface area contributed by atoms with Crippen molar-refractivity contribution in [2.75, 3.05) is 17.6 Å². The summed E-state index contributed by atoms with van der Waals surface area (Å²) in [4.78, 5) is 13.0. The van der Waals surface area contributed by atoms with Gasteiger partial charge in [0.1, 0.15) is 0 Å². The second-order valence-corrected chi connectivity index (χ2v) is 5.94. The third kappa shape index (κ3) is 2.59. The molecule has 104 valence electrons. The van der Waals surface area contributed by atoms with Gasteiger partial charge in [-0.15, -0.1) is 0 Å². The largest absolute Gasteiger partial charge is 0.465 e. The predicted octanol–water partition coefficient (Wildman–Crippen LogP) is 2.38. The van der Waals surface area contributed by atoms with Crippen molar-refractivity contribution in [2.45, 2.75) is 38.8 Å². The normalized spacial score (nSPS) is 18.4. The molecule has 19 heavy (non-hydrogen) atoms. The van der Waals surface area contributed by atoms with E-state index in [1.165, 1.54) is 4.90 Å². The van der Waals surface area contributed by atoms with Crippen LogP contribution in [0.2, 0.25) is 0 Å². The van der Waals surface area contributed by atoms with E-state index in [4.69, 9.17) is 5.73 Å². The van der Waals surface area contributed by atoms with Gasteiger partial charge >= 0.3 is 6.09 Å². The molecule has 1 aliphatic heterocycles. The molecular weight excluding hydrogens is 242 g/mol. The molecule has 0 fully saturated rings. The number of carbonyl (C=O) groups is 1. The van der Waals surface area contributed by atoms with E-state index in [2.05, 4.69) is 5.32 Å². The van der Waals surface area contributed by atoms with Crippen molar-refractivity contribution in [1.82, 2.24) is 4.90 Å². The molecule has 0 radical (unpaired) electrons. The molecule has 1 aromatic rings. The van der Waals surface area contributed by atoms with Crippen LogP contribution in [0.4, 0.5) is 16.2 Å². The number of carboxylic acid groups (broad SMARTS) is 1. The number of nitrogen functional groups attached to an aromatic ring is 1. The Balaban J connectivity index is 2.28. The summed E-state index contributed by atoms with van der Waals surface area (Å²) in [5.74, 6) is 0. The van der Waals surface area contributed by atoms with Gasteiger partial charge in [-0.3, -0.25) is 4.90 Å². The number of nitrogens with one attached hydrogen (secondary N) is 1. The fourth-order valence-electron chi connectivity index (χ4n) is 2.72. The third-order valence-electron chi connectivity index (χ3n) is 3.45. The zero-order chi connectivity index (χ0) is 14.2. The smallest absolute Gasteiger partial charge is 0.408 e. The first-order chi connectivity index (χ1) is 8.80. The number of hydrogen-bond donors (Lipinski definition) is 3. The molecule has 1 unspecified atom stereocenters. The van der Waals surface area contributed by atoms with Gasteiger partial charge in [-0.1, -0.05) is 12.1 Å². The summed E-state index contributed by atoms with van der Waals surface area (Å²) < 4.78 is 0. The van der Waals surface area contributed by atoms with E-state index in [9.17, 15) is 9.90 Å². The van der Waals surface area contributed by atoms with Crippen LogP contribution in [0.25, 0.3) is 0 Å². The second kappa shape index (κ2) is 4.64. The van der Waals surface area contributed by atoms with Crippen LogP contribution in [0, 0.1) is 0 Å². The predicted molar refractivity (Wildman–Crippen MR) is 76.5 cm³/mol. The molecule has 1 aromatic carbocycles. The summed E-state index contributed by atoms with van der Waals surface area (Å²) in [7, 11) is 0. The Labute approximate surface area is 113 Å². The number of hydrogen-bond acceptors (Lipinski definition) is 3. The zero-order valence-corrected chi connectivity index (χ0v) is 11.6. The molecule has 2 rings (SSSR count). The van der Waals surface area contributed by atoms with Gasteiger partial charge in [-0.25, -0.2) is 4.79 Å². The lowest BCUT2D eigenvalue weighted by Crippen LogP contribution is -2.55. The molecule has 5 heteroatoms. The Morgan fingerprint density at radius 2 is 2.16 bits per heavy atom. The Morgan fingerprint density at radius 1 is 1.47 bits per heavy atom. The number of nitrogens with two attached hydrogens (primary N) is 1. The van der Waals surface area contributed by atoms with Crippen LogP contribution in [0.15, 0.2) is 18.2 Å². The monoisotopic (exact) mass is 263 g/mol. The van der Waals surface area contributed by atoms with Crippen molar-refractivity contribution in [3.8, 4) is 0 Å². The Morgan fingerprint density at radius 3 is 2.74 bits per heavy atom. The molecule has 1 aliphatic rings. The number of anilines is 2. The minimum Gasteiger partial charge on any atom is -0.465 e. The van der Waals surface area contributed by atoms with Gasteiger partial charge in [0.15, 0.2) is 0 Å². The van der Waals surface area contributed by atoms with E-state index in [1.807, 2.05) is 39.0 Å². The molecule has 1 atom stereocenters. The average molecular weight is 263 g/mol. The van der Waals surface area contributed by atoms with Crippen molar-refractivity contribution >= 4 is 17.5 Å². The quantitative estimate of drug-likeness (QED) is 0.680. The van der Waals surface area contributed by atoms with Crippen molar-refractivity contribution < 1.29 is 9.90 Å². The van der Waals surface area contributed by atoms with Crippen LogP contribution < -0.4 is 11.1 Å². The van der Waals surface area contributed by atoms with E-state index >= 15 is 0 Å². The van der Waals surface area contributed by atoms with Crippen molar-refractivity contribution in [3.05, 3.63) is 23.8 Å². The fourth-order valence-corrected chi connectivity index (χ4v) is 2.72. The fraction of sp³-hybridized carbons (Fsp3) is 0.500. The highest BCUT2D eigenvalue weighted by molar-refractivity contribution is 5.72. The molecule has 0 aliphatic carbocycles. The highest BCUT2D eigenvalue weighted by Gasteiger charge is 2.35. The number of nitrogens with zero attached hydrogens (tertiary/aromatic N) is 1. The molecule has 1 amide bonds. The van der Waals surface area contributed by atoms with E-state index < -0.39 is 11.6 Å². The van der Waals surface area contributed by atoms with E-state index in [-0.39, 0.29) is 6.04 Å². The van der Waals surface area contributed by atoms with E-state index in [1.54, 1.807) is 0 Å². The van der Waals surface area contributed by atoms with Gasteiger partial charge in [0.2, 0.25) is 0 Å². The summed E-state index contributed by atoms with van der Waals surface area (Å²) in [5, 5.41) is 12.7. The maximum Gasteiger partial charge on any atom is 0.408 e. The summed E-state index contributed by atoms with van der Waals surface area (Å²) in [6, 6.07) is 5.67. The van der Waals surface area contributed by atoms with Crippen LogP contribution >= 0.6 is 0 Å². The van der Waals surface area contributed by atoms with Crippen LogP contribution in [0.1, 0.15) is 26.3 Å². The average Bonchev–Trinajstić information content (AvgIpc) is 2.26. The Hall–Kier alpha value is -1.91. The van der Waals surface area contributed by atoms with Crippen molar-refractivity contribution in [2.24, 2.45) is 0 Å². The second-order valence-electron chi connectivity index (χ2n) is 5.94.